The number of aromatic nitrogens is 2. The minimum absolute atomic E-state index is 0.0822. The van der Waals surface area contributed by atoms with Gasteiger partial charge < -0.3 is 30.8 Å². The van der Waals surface area contributed by atoms with Crippen molar-refractivity contribution in [1.82, 2.24) is 14.9 Å². The minimum Gasteiger partial charge on any atom is -0.465 e. The van der Waals surface area contributed by atoms with E-state index in [2.05, 4.69) is 20.6 Å². The fourth-order valence-corrected chi connectivity index (χ4v) is 8.83. The van der Waals surface area contributed by atoms with Crippen LogP contribution in [0.15, 0.2) is 72.1 Å². The van der Waals surface area contributed by atoms with Gasteiger partial charge in [0.2, 0.25) is 5.78 Å². The number of carbonyl (C=O) groups is 4. The van der Waals surface area contributed by atoms with E-state index in [1.807, 2.05) is 41.8 Å². The molecule has 8 rings (SSSR count). The van der Waals surface area contributed by atoms with Gasteiger partial charge in [-0.15, -0.1) is 22.9 Å². The van der Waals surface area contributed by atoms with E-state index in [-0.39, 0.29) is 30.6 Å². The Bertz CT molecular complexity index is 2350. The molecule has 5 heterocycles. The maximum atomic E-state index is 14.4. The van der Waals surface area contributed by atoms with Gasteiger partial charge in [0, 0.05) is 61.8 Å². The van der Waals surface area contributed by atoms with Crippen LogP contribution in [0.5, 0.6) is 0 Å². The van der Waals surface area contributed by atoms with E-state index in [1.54, 1.807) is 30.3 Å². The number of ketones is 1. The summed E-state index contributed by atoms with van der Waals surface area (Å²) in [5, 5.41) is 31.8. The van der Waals surface area contributed by atoms with Crippen LogP contribution in [-0.4, -0.2) is 92.0 Å². The van der Waals surface area contributed by atoms with Gasteiger partial charge in [-0.2, -0.15) is 4.79 Å². The van der Waals surface area contributed by atoms with E-state index >= 15 is 0 Å². The maximum Gasteiger partial charge on any atom is 0.514 e. The zero-order chi connectivity index (χ0) is 34.9. The molecule has 0 aliphatic carbocycles. The number of benzene rings is 3. The van der Waals surface area contributed by atoms with E-state index in [9.17, 15) is 29.4 Å². The fraction of sp³-hybridized carbons (Fsp3) is 0.222. The number of likely N-dealkylation sites (N-methyl/N-ethyl adjacent to an activating group) is 1. The number of aromatic amines is 2. The van der Waals surface area contributed by atoms with Crippen LogP contribution >= 0.6 is 22.9 Å². The lowest BCUT2D eigenvalue weighted by molar-refractivity contribution is -0.889. The monoisotopic (exact) mass is 711 g/mol. The number of quaternary nitrogens is 1. The van der Waals surface area contributed by atoms with Crippen molar-refractivity contribution >= 4 is 90.1 Å². The van der Waals surface area contributed by atoms with Crippen molar-refractivity contribution in [3.63, 3.8) is 0 Å². The maximum absolute atomic E-state index is 14.4. The van der Waals surface area contributed by atoms with E-state index in [0.717, 1.165) is 37.1 Å². The molecular formula is C36H32ClN6O6S+. The van der Waals surface area contributed by atoms with Crippen LogP contribution in [0.1, 0.15) is 44.1 Å². The highest BCUT2D eigenvalue weighted by Crippen LogP contribution is 2.47. The Balaban J connectivity index is 1.14. The van der Waals surface area contributed by atoms with E-state index in [4.69, 9.17) is 11.6 Å². The van der Waals surface area contributed by atoms with Crippen LogP contribution in [-0.2, 0) is 0 Å². The topological polar surface area (TPSA) is 168 Å². The number of Topliss-reactive ketones (excluding diaryl/α,β-unsaturated/α-hetero) is 1. The highest BCUT2D eigenvalue weighted by atomic mass is 35.5. The van der Waals surface area contributed by atoms with Gasteiger partial charge in [0.05, 0.1) is 25.8 Å². The van der Waals surface area contributed by atoms with Gasteiger partial charge in [0.1, 0.15) is 11.7 Å². The summed E-state index contributed by atoms with van der Waals surface area (Å²) in [6, 6.07) is 17.8. The molecule has 3 amide bonds. The number of hydrogen-bond donors (Lipinski definition) is 6. The number of thiophene rings is 1. The van der Waals surface area contributed by atoms with Crippen molar-refractivity contribution in [2.45, 2.75) is 18.0 Å². The fourth-order valence-electron chi connectivity index (χ4n) is 7.59. The van der Waals surface area contributed by atoms with Crippen molar-refractivity contribution in [3.05, 3.63) is 94.6 Å². The molecule has 6 aromatic rings. The highest BCUT2D eigenvalue weighted by molar-refractivity contribution is 7.17. The summed E-state index contributed by atoms with van der Waals surface area (Å²) in [5.41, 5.74) is 5.05. The Morgan fingerprint density at radius 3 is 2.48 bits per heavy atom. The second kappa shape index (κ2) is 11.9. The predicted molar refractivity (Wildman–Crippen MR) is 193 cm³/mol. The Morgan fingerprint density at radius 1 is 0.960 bits per heavy atom. The first-order valence-corrected chi connectivity index (χ1v) is 17.5. The quantitative estimate of drug-likeness (QED) is 0.0600. The summed E-state index contributed by atoms with van der Waals surface area (Å²) in [6.45, 7) is 0.221. The van der Waals surface area contributed by atoms with E-state index in [0.29, 0.717) is 40.3 Å². The Morgan fingerprint density at radius 2 is 1.72 bits per heavy atom. The number of fused-ring (bicyclic) bond motifs is 5. The first kappa shape index (κ1) is 31.9. The zero-order valence-corrected chi connectivity index (χ0v) is 28.3. The molecule has 0 spiro atoms. The van der Waals surface area contributed by atoms with Crippen LogP contribution < -0.4 is 10.6 Å². The number of alkyl halides is 1. The van der Waals surface area contributed by atoms with Crippen molar-refractivity contribution in [1.29, 1.82) is 0 Å². The molecule has 3 aromatic heterocycles. The normalized spacial score (nSPS) is 21.7. The van der Waals surface area contributed by atoms with Gasteiger partial charge in [0.15, 0.2) is 6.04 Å². The number of para-hydroxylation sites is 1. The number of rotatable bonds is 6. The third kappa shape index (κ3) is 4.99. The Hall–Kier alpha value is -5.37. The molecule has 0 saturated carbocycles. The lowest BCUT2D eigenvalue weighted by Gasteiger charge is -2.47. The number of H-pyrrole nitrogens is 2. The van der Waals surface area contributed by atoms with Crippen LogP contribution in [0.25, 0.3) is 31.9 Å². The van der Waals surface area contributed by atoms with Crippen molar-refractivity contribution in [2.24, 2.45) is 0 Å². The lowest BCUT2D eigenvalue weighted by atomic mass is 9.90. The van der Waals surface area contributed by atoms with Gasteiger partial charge in [-0.1, -0.05) is 18.2 Å². The number of amides is 3. The summed E-state index contributed by atoms with van der Waals surface area (Å²) in [5.74, 6) is -0.361. The molecular weight excluding hydrogens is 680 g/mol. The number of anilines is 2. The molecule has 3 unspecified atom stereocenters. The molecule has 6 N–H and O–H groups in total. The smallest absolute Gasteiger partial charge is 0.465 e. The number of nitrogens with one attached hydrogen (secondary N) is 4. The van der Waals surface area contributed by atoms with Crippen molar-refractivity contribution in [3.8, 4) is 0 Å². The third-order valence-electron chi connectivity index (χ3n) is 10.3. The molecule has 1 saturated heterocycles. The van der Waals surface area contributed by atoms with E-state index < -0.39 is 34.5 Å². The first-order chi connectivity index (χ1) is 24.1. The molecule has 2 aliphatic rings. The molecule has 2 aliphatic heterocycles. The van der Waals surface area contributed by atoms with E-state index in [1.165, 1.54) is 18.4 Å². The Kier molecular flexibility index (Phi) is 7.58. The largest absolute Gasteiger partial charge is 0.514 e. The van der Waals surface area contributed by atoms with Crippen LogP contribution in [0, 0.1) is 0 Å². The number of carbonyl (C=O) groups excluding carboxylic acids is 2. The standard InChI is InChI=1S/C36H31ClN6O6S/c1-43(36(48)49)29(23-13-26-31(20(14-37)15-38-26)22-8-9-50-33(22)23)16-42(35(46)47)17-30(43)32(44)27-12-19-10-21(6-7-25(19)40-27)39-34(45)28-11-18-4-2-3-5-24(18)41-28/h2-13,20,29-30,38H,14-17H2,1H3,(H4-,39,40,41,44,45,46,47,48,49)/p+1/t20-,29?,30?,43?/m1/s1. The van der Waals surface area contributed by atoms with Crippen LogP contribution in [0.4, 0.5) is 21.0 Å². The summed E-state index contributed by atoms with van der Waals surface area (Å²) >= 11 is 7.75. The van der Waals surface area contributed by atoms with Gasteiger partial charge in [-0.05, 0) is 64.9 Å². The molecule has 14 heteroatoms. The molecule has 254 valence electrons. The summed E-state index contributed by atoms with van der Waals surface area (Å²) in [6.07, 6.45) is -2.48. The molecule has 3 aromatic carbocycles. The van der Waals surface area contributed by atoms with Crippen LogP contribution in [0.3, 0.4) is 0 Å². The number of piperazine rings is 1. The summed E-state index contributed by atoms with van der Waals surface area (Å²) in [7, 11) is 1.50. The molecule has 1 fully saturated rings. The average molecular weight is 712 g/mol. The number of nitrogens with zero attached hydrogens (tertiary/aromatic N) is 2. The van der Waals surface area contributed by atoms with Gasteiger partial charge in [-0.3, -0.25) is 14.5 Å². The molecule has 4 atom stereocenters. The summed E-state index contributed by atoms with van der Waals surface area (Å²) in [4.78, 5) is 60.7. The lowest BCUT2D eigenvalue weighted by Crippen LogP contribution is -2.69. The van der Waals surface area contributed by atoms with Gasteiger partial charge in [0.25, 0.3) is 5.91 Å². The second-order valence-corrected chi connectivity index (χ2v) is 14.3. The van der Waals surface area contributed by atoms with Gasteiger partial charge >= 0.3 is 12.2 Å². The minimum atomic E-state index is -1.27. The molecule has 0 bridgehead atoms. The Labute approximate surface area is 293 Å². The molecule has 0 radical (unpaired) electrons. The third-order valence-corrected chi connectivity index (χ3v) is 11.6. The van der Waals surface area contributed by atoms with Crippen molar-refractivity contribution < 1.29 is 33.9 Å². The van der Waals surface area contributed by atoms with Gasteiger partial charge in [-0.25, -0.2) is 9.28 Å². The number of hydrogen-bond acceptors (Lipinski definition) is 6. The van der Waals surface area contributed by atoms with Crippen LogP contribution in [0.2, 0.25) is 0 Å². The zero-order valence-electron chi connectivity index (χ0n) is 26.7. The highest BCUT2D eigenvalue weighted by Gasteiger charge is 2.57. The number of halogens is 1. The first-order valence-electron chi connectivity index (χ1n) is 16.0. The average Bonchev–Trinajstić information content (AvgIpc) is 3.91. The molecule has 12 nitrogen and oxygen atoms in total. The molecule has 50 heavy (non-hydrogen) atoms. The SMILES string of the molecule is C[N+]1(C(=O)O)C(C(=O)c2cc3cc(NC(=O)c4cc5ccccc5[nH]4)ccc3[nH]2)CN(C(=O)O)CC1c1cc2c(c3ccsc13)[C@H](CCl)CN2. The second-order valence-electron chi connectivity index (χ2n) is 13.0. The summed E-state index contributed by atoms with van der Waals surface area (Å²) < 4.78 is 0.110. The van der Waals surface area contributed by atoms with Crippen molar-refractivity contribution in [2.75, 3.05) is 43.2 Å². The predicted octanol–water partition coefficient (Wildman–Crippen LogP) is 7.27. The number of carboxylic acid groups (broad SMARTS) is 2.